The predicted molar refractivity (Wildman–Crippen MR) is 141 cm³/mol. The summed E-state index contributed by atoms with van der Waals surface area (Å²) < 4.78 is 35.5. The van der Waals surface area contributed by atoms with Crippen LogP contribution in [0, 0.1) is 19.8 Å². The Morgan fingerprint density at radius 1 is 1.19 bits per heavy atom. The van der Waals surface area contributed by atoms with Crippen LogP contribution in [0.25, 0.3) is 22.0 Å². The van der Waals surface area contributed by atoms with E-state index in [1.807, 2.05) is 0 Å². The molecule has 0 unspecified atom stereocenters. The average Bonchev–Trinajstić information content (AvgIpc) is 3.23. The van der Waals surface area contributed by atoms with Gasteiger partial charge in [0.05, 0.1) is 41.0 Å². The summed E-state index contributed by atoms with van der Waals surface area (Å²) in [7, 11) is -0.993. The summed E-state index contributed by atoms with van der Waals surface area (Å²) >= 11 is 1.07. The van der Waals surface area contributed by atoms with Crippen molar-refractivity contribution in [1.29, 1.82) is 0 Å². The Hall–Kier alpha value is -3.84. The number of hydrogen-bond donors (Lipinski definition) is 2. The van der Waals surface area contributed by atoms with Gasteiger partial charge >= 0.3 is 0 Å². The number of benzene rings is 1. The topological polar surface area (TPSA) is 145 Å². The quantitative estimate of drug-likeness (QED) is 0.346. The van der Waals surface area contributed by atoms with Gasteiger partial charge in [-0.2, -0.15) is 0 Å². The van der Waals surface area contributed by atoms with Crippen molar-refractivity contribution >= 4 is 43.9 Å². The summed E-state index contributed by atoms with van der Waals surface area (Å²) in [6.45, 7) is 5.28. The van der Waals surface area contributed by atoms with Gasteiger partial charge in [-0.05, 0) is 37.6 Å². The Balaban J connectivity index is 1.74. The van der Waals surface area contributed by atoms with Crippen LogP contribution in [0.3, 0.4) is 0 Å². The number of nitrogens with one attached hydrogen (secondary N) is 2. The van der Waals surface area contributed by atoms with Crippen molar-refractivity contribution in [3.8, 4) is 17.0 Å². The van der Waals surface area contributed by atoms with E-state index < -0.39 is 15.9 Å². The number of nitrogens with zero attached hydrogens (tertiary/aromatic N) is 4. The van der Waals surface area contributed by atoms with Crippen LogP contribution >= 0.6 is 11.3 Å². The number of rotatable bonds is 8. The number of aromatic nitrogens is 4. The van der Waals surface area contributed by atoms with Crippen molar-refractivity contribution in [2.24, 2.45) is 5.92 Å². The second kappa shape index (κ2) is 10.3. The molecule has 1 atom stereocenters. The minimum absolute atomic E-state index is 0.0965. The second-order valence-electron chi connectivity index (χ2n) is 8.44. The summed E-state index contributed by atoms with van der Waals surface area (Å²) in [6, 6.07) is 6.74. The molecule has 4 aromatic rings. The SMILES string of the molecule is CNC(=O)[C@@H](C)Cn1cnc2ccc(-c3cnc(OC)c(NS(=O)(=O)c4sc(C)nc4C)c3)cc2c1=O. The van der Waals surface area contributed by atoms with Gasteiger partial charge in [-0.1, -0.05) is 13.0 Å². The smallest absolute Gasteiger partial charge is 0.273 e. The highest BCUT2D eigenvalue weighted by molar-refractivity contribution is 7.94. The summed E-state index contributed by atoms with van der Waals surface area (Å²) in [4.78, 5) is 37.9. The van der Waals surface area contributed by atoms with Gasteiger partial charge in [-0.3, -0.25) is 18.9 Å². The van der Waals surface area contributed by atoms with Crippen molar-refractivity contribution in [3.63, 3.8) is 0 Å². The third-order valence-electron chi connectivity index (χ3n) is 5.72. The van der Waals surface area contributed by atoms with E-state index in [1.54, 1.807) is 52.1 Å². The molecule has 1 amide bonds. The molecule has 194 valence electrons. The fraction of sp³-hybridized carbons (Fsp3) is 0.292. The molecule has 0 aliphatic rings. The van der Waals surface area contributed by atoms with Gasteiger partial charge in [0, 0.05) is 25.4 Å². The van der Waals surface area contributed by atoms with Crippen molar-refractivity contribution in [3.05, 3.63) is 57.8 Å². The maximum atomic E-state index is 13.2. The lowest BCUT2D eigenvalue weighted by Crippen LogP contribution is -2.32. The zero-order valence-corrected chi connectivity index (χ0v) is 22.5. The van der Waals surface area contributed by atoms with Gasteiger partial charge in [-0.25, -0.2) is 23.4 Å². The molecule has 0 radical (unpaired) electrons. The Morgan fingerprint density at radius 3 is 2.59 bits per heavy atom. The molecule has 4 rings (SSSR count). The third-order valence-corrected chi connectivity index (χ3v) is 8.76. The lowest BCUT2D eigenvalue weighted by Gasteiger charge is -2.13. The molecule has 2 N–H and O–H groups in total. The van der Waals surface area contributed by atoms with E-state index in [0.29, 0.717) is 32.7 Å². The third kappa shape index (κ3) is 5.32. The Bertz CT molecular complexity index is 1660. The molecule has 0 saturated carbocycles. The fourth-order valence-electron chi connectivity index (χ4n) is 3.89. The molecular formula is C24H26N6O5S2. The Labute approximate surface area is 217 Å². The van der Waals surface area contributed by atoms with Gasteiger partial charge in [0.25, 0.3) is 15.6 Å². The summed E-state index contributed by atoms with van der Waals surface area (Å²) in [5.74, 6) is -0.500. The molecule has 0 saturated heterocycles. The molecule has 0 fully saturated rings. The number of thiazole rings is 1. The van der Waals surface area contributed by atoms with Crippen molar-refractivity contribution in [2.75, 3.05) is 18.9 Å². The number of methoxy groups -OCH3 is 1. The van der Waals surface area contributed by atoms with Crippen LogP contribution in [0.2, 0.25) is 0 Å². The maximum Gasteiger partial charge on any atom is 0.273 e. The lowest BCUT2D eigenvalue weighted by atomic mass is 10.0. The van der Waals surface area contributed by atoms with Crippen LogP contribution in [0.15, 0.2) is 45.8 Å². The van der Waals surface area contributed by atoms with E-state index in [0.717, 1.165) is 11.3 Å². The number of fused-ring (bicyclic) bond motifs is 1. The van der Waals surface area contributed by atoms with Gasteiger partial charge in [-0.15, -0.1) is 11.3 Å². The molecule has 13 heteroatoms. The number of amides is 1. The van der Waals surface area contributed by atoms with Gasteiger partial charge < -0.3 is 10.1 Å². The highest BCUT2D eigenvalue weighted by atomic mass is 32.2. The monoisotopic (exact) mass is 542 g/mol. The van der Waals surface area contributed by atoms with E-state index in [2.05, 4.69) is 25.0 Å². The van der Waals surface area contributed by atoms with E-state index in [4.69, 9.17) is 4.74 Å². The van der Waals surface area contributed by atoms with E-state index in [9.17, 15) is 18.0 Å². The van der Waals surface area contributed by atoms with Crippen LogP contribution < -0.4 is 20.3 Å². The highest BCUT2D eigenvalue weighted by Crippen LogP contribution is 2.32. The lowest BCUT2D eigenvalue weighted by molar-refractivity contribution is -0.124. The van der Waals surface area contributed by atoms with Gasteiger partial charge in [0.2, 0.25) is 11.8 Å². The molecular weight excluding hydrogens is 516 g/mol. The van der Waals surface area contributed by atoms with Crippen molar-refractivity contribution in [2.45, 2.75) is 31.5 Å². The van der Waals surface area contributed by atoms with Crippen molar-refractivity contribution < 1.29 is 17.9 Å². The molecule has 37 heavy (non-hydrogen) atoms. The van der Waals surface area contributed by atoms with Crippen LogP contribution in [0.5, 0.6) is 5.88 Å². The summed E-state index contributed by atoms with van der Waals surface area (Å²) in [5, 5.41) is 3.57. The van der Waals surface area contributed by atoms with Crippen LogP contribution in [0.4, 0.5) is 5.69 Å². The minimum atomic E-state index is -3.93. The minimum Gasteiger partial charge on any atom is -0.480 e. The first-order valence-corrected chi connectivity index (χ1v) is 13.6. The first-order valence-electron chi connectivity index (χ1n) is 11.3. The highest BCUT2D eigenvalue weighted by Gasteiger charge is 2.23. The number of pyridine rings is 1. The normalized spacial score (nSPS) is 12.4. The predicted octanol–water partition coefficient (Wildman–Crippen LogP) is 2.72. The number of ether oxygens (including phenoxy) is 1. The molecule has 0 aliphatic heterocycles. The number of aryl methyl sites for hydroxylation is 2. The van der Waals surface area contributed by atoms with Crippen LogP contribution in [-0.4, -0.2) is 48.0 Å². The van der Waals surface area contributed by atoms with E-state index in [1.165, 1.54) is 24.2 Å². The molecule has 0 spiro atoms. The summed E-state index contributed by atoms with van der Waals surface area (Å²) in [6.07, 6.45) is 2.96. The summed E-state index contributed by atoms with van der Waals surface area (Å²) in [5.41, 5.74) is 1.95. The van der Waals surface area contributed by atoms with Crippen molar-refractivity contribution in [1.82, 2.24) is 24.8 Å². The Kier molecular flexibility index (Phi) is 7.28. The van der Waals surface area contributed by atoms with Crippen LogP contribution in [0.1, 0.15) is 17.6 Å². The first-order chi connectivity index (χ1) is 17.5. The van der Waals surface area contributed by atoms with Gasteiger partial charge in [0.15, 0.2) is 4.21 Å². The Morgan fingerprint density at radius 2 is 1.95 bits per heavy atom. The average molecular weight is 543 g/mol. The van der Waals surface area contributed by atoms with E-state index in [-0.39, 0.29) is 33.8 Å². The first kappa shape index (κ1) is 26.2. The number of hydrogen-bond acceptors (Lipinski definition) is 9. The fourth-order valence-corrected chi connectivity index (χ4v) is 6.42. The molecule has 3 aromatic heterocycles. The standard InChI is InChI=1S/C24H26N6O5S2/c1-13(21(31)25-4)11-30-12-27-19-7-6-16(8-18(19)23(30)32)17-9-20(22(35-5)26-10-17)29-37(33,34)24-14(2)28-15(3)36-24/h6-10,12-13,29H,11H2,1-5H3,(H,25,31)/t13-/m0/s1. The largest absolute Gasteiger partial charge is 0.480 e. The zero-order chi connectivity index (χ0) is 26.9. The molecule has 11 nitrogen and oxygen atoms in total. The maximum absolute atomic E-state index is 13.2. The number of carbonyl (C=O) groups excluding carboxylic acids is 1. The van der Waals surface area contributed by atoms with Crippen LogP contribution in [-0.2, 0) is 21.4 Å². The van der Waals surface area contributed by atoms with E-state index >= 15 is 0 Å². The second-order valence-corrected chi connectivity index (χ2v) is 11.5. The molecule has 0 bridgehead atoms. The molecule has 1 aromatic carbocycles. The molecule has 0 aliphatic carbocycles. The number of sulfonamides is 1. The van der Waals surface area contributed by atoms with Gasteiger partial charge in [0.1, 0.15) is 5.69 Å². The zero-order valence-electron chi connectivity index (χ0n) is 20.9. The number of carbonyl (C=O) groups is 1. The molecule has 3 heterocycles. The number of anilines is 1.